The largest absolute Gasteiger partial charge is 0.348 e. The van der Waals surface area contributed by atoms with Crippen molar-refractivity contribution < 1.29 is 9.47 Å². The highest BCUT2D eigenvalue weighted by molar-refractivity contribution is 8.15. The number of hydrogen-bond donors (Lipinski definition) is 0. The van der Waals surface area contributed by atoms with Gasteiger partial charge in [-0.05, 0) is 52.3 Å². The second-order valence-corrected chi connectivity index (χ2v) is 8.58. The first-order valence-corrected chi connectivity index (χ1v) is 10.1. The molecule has 24 heavy (non-hydrogen) atoms. The maximum absolute atomic E-state index is 5.94. The first-order valence-electron chi connectivity index (χ1n) is 8.31. The molecule has 1 aromatic carbocycles. The maximum atomic E-state index is 5.94. The van der Waals surface area contributed by atoms with Gasteiger partial charge in [0.1, 0.15) is 16.1 Å². The predicted molar refractivity (Wildman–Crippen MR) is 103 cm³/mol. The quantitative estimate of drug-likeness (QED) is 0.700. The van der Waals surface area contributed by atoms with Gasteiger partial charge in [0.15, 0.2) is 6.29 Å². The van der Waals surface area contributed by atoms with Crippen LogP contribution >= 0.6 is 23.1 Å². The molecule has 0 amide bonds. The Morgan fingerprint density at radius 2 is 1.83 bits per heavy atom. The first-order chi connectivity index (χ1) is 11.4. The molecule has 1 aromatic heterocycles. The lowest BCUT2D eigenvalue weighted by Gasteiger charge is -2.25. The third-order valence-corrected chi connectivity index (χ3v) is 5.76. The Kier molecular flexibility index (Phi) is 5.59. The number of thioether (sulfide) groups is 1. The summed E-state index contributed by atoms with van der Waals surface area (Å²) in [6.07, 6.45) is -0.0709. The van der Waals surface area contributed by atoms with Crippen molar-refractivity contribution in [3.05, 3.63) is 28.8 Å². The van der Waals surface area contributed by atoms with Crippen molar-refractivity contribution in [1.29, 1.82) is 0 Å². The number of rotatable bonds is 6. The number of nitrogens with zero attached hydrogens (tertiary/aromatic N) is 2. The number of aliphatic imine (C=N–C) groups is 1. The summed E-state index contributed by atoms with van der Waals surface area (Å²) in [6, 6.07) is 6.38. The molecular formula is C18H24N2O2S2. The molecule has 1 aliphatic rings. The van der Waals surface area contributed by atoms with Crippen molar-refractivity contribution in [2.24, 2.45) is 4.99 Å². The van der Waals surface area contributed by atoms with E-state index in [-0.39, 0.29) is 24.5 Å². The van der Waals surface area contributed by atoms with Gasteiger partial charge in [-0.1, -0.05) is 6.07 Å². The molecule has 0 spiro atoms. The summed E-state index contributed by atoms with van der Waals surface area (Å²) in [5.74, 6) is 0.869. The van der Waals surface area contributed by atoms with E-state index in [2.05, 4.69) is 25.1 Å². The molecule has 0 aliphatic carbocycles. The highest BCUT2D eigenvalue weighted by atomic mass is 32.2. The van der Waals surface area contributed by atoms with Crippen LogP contribution in [-0.4, -0.2) is 40.3 Å². The van der Waals surface area contributed by atoms with E-state index in [1.165, 1.54) is 10.3 Å². The number of ether oxygens (including phenoxy) is 2. The third kappa shape index (κ3) is 4.17. The van der Waals surface area contributed by atoms with Crippen LogP contribution in [0.5, 0.6) is 0 Å². The molecule has 130 valence electrons. The lowest BCUT2D eigenvalue weighted by molar-refractivity contribution is -0.187. The zero-order chi connectivity index (χ0) is 17.3. The average Bonchev–Trinajstić information content (AvgIpc) is 3.11. The van der Waals surface area contributed by atoms with E-state index in [9.17, 15) is 0 Å². The van der Waals surface area contributed by atoms with Gasteiger partial charge in [-0.3, -0.25) is 4.99 Å². The van der Waals surface area contributed by atoms with Crippen molar-refractivity contribution >= 4 is 38.4 Å². The van der Waals surface area contributed by atoms with E-state index < -0.39 is 0 Å². The number of aryl methyl sites for hydroxylation is 1. The minimum Gasteiger partial charge on any atom is -0.348 e. The van der Waals surface area contributed by atoms with Crippen LogP contribution in [0.3, 0.4) is 0 Å². The van der Waals surface area contributed by atoms with E-state index in [0.29, 0.717) is 0 Å². The Hall–Kier alpha value is -0.950. The predicted octanol–water partition coefficient (Wildman–Crippen LogP) is 4.64. The molecule has 3 rings (SSSR count). The molecule has 4 nitrogen and oxygen atoms in total. The fraction of sp³-hybridized carbons (Fsp3) is 0.556. The zero-order valence-electron chi connectivity index (χ0n) is 14.8. The van der Waals surface area contributed by atoms with Crippen molar-refractivity contribution in [2.45, 2.75) is 59.2 Å². The molecule has 6 heteroatoms. The summed E-state index contributed by atoms with van der Waals surface area (Å²) in [7, 11) is 0. The van der Waals surface area contributed by atoms with E-state index >= 15 is 0 Å². The molecule has 0 N–H and O–H groups in total. The fourth-order valence-corrected chi connectivity index (χ4v) is 4.72. The van der Waals surface area contributed by atoms with Crippen molar-refractivity contribution in [3.8, 4) is 0 Å². The number of benzene rings is 1. The molecule has 1 atom stereocenters. The van der Waals surface area contributed by atoms with Crippen LogP contribution in [0.4, 0.5) is 0 Å². The SMILES string of the molecule is Cc1ccc2nc(C3=NC(C(OC(C)C)OC(C)C)CS3)sc2c1. The summed E-state index contributed by atoms with van der Waals surface area (Å²) < 4.78 is 13.1. The number of aromatic nitrogens is 1. The molecule has 2 heterocycles. The maximum Gasteiger partial charge on any atom is 0.181 e. The molecule has 0 bridgehead atoms. The number of thiazole rings is 1. The van der Waals surface area contributed by atoms with Crippen molar-refractivity contribution in [2.75, 3.05) is 5.75 Å². The Morgan fingerprint density at radius 3 is 2.50 bits per heavy atom. The molecule has 0 fully saturated rings. The minimum atomic E-state index is -0.299. The van der Waals surface area contributed by atoms with Crippen molar-refractivity contribution in [1.82, 2.24) is 4.98 Å². The number of fused-ring (bicyclic) bond motifs is 1. The summed E-state index contributed by atoms with van der Waals surface area (Å²) in [5, 5.41) is 2.00. The Morgan fingerprint density at radius 1 is 1.12 bits per heavy atom. The molecule has 0 saturated carbocycles. The Balaban J connectivity index is 1.82. The third-order valence-electron chi connectivity index (χ3n) is 3.53. The van der Waals surface area contributed by atoms with Gasteiger partial charge < -0.3 is 9.47 Å². The van der Waals surface area contributed by atoms with Crippen LogP contribution in [0.1, 0.15) is 38.3 Å². The summed E-state index contributed by atoms with van der Waals surface area (Å²) in [5.41, 5.74) is 2.30. The Labute approximate surface area is 151 Å². The molecule has 1 aliphatic heterocycles. The molecule has 0 radical (unpaired) electrons. The smallest absolute Gasteiger partial charge is 0.181 e. The van der Waals surface area contributed by atoms with Crippen LogP contribution in [0.15, 0.2) is 23.2 Å². The monoisotopic (exact) mass is 364 g/mol. The molecule has 2 aromatic rings. The second kappa shape index (κ2) is 7.52. The molecule has 1 unspecified atom stereocenters. The van der Waals surface area contributed by atoms with Crippen LogP contribution in [0.2, 0.25) is 0 Å². The average molecular weight is 365 g/mol. The second-order valence-electron chi connectivity index (χ2n) is 6.54. The highest BCUT2D eigenvalue weighted by Gasteiger charge is 2.31. The van der Waals surface area contributed by atoms with Gasteiger partial charge in [-0.2, -0.15) is 0 Å². The lowest BCUT2D eigenvalue weighted by Crippen LogP contribution is -2.35. The van der Waals surface area contributed by atoms with Crippen LogP contribution in [0, 0.1) is 6.92 Å². The van der Waals surface area contributed by atoms with Gasteiger partial charge in [0.05, 0.1) is 22.4 Å². The number of hydrogen-bond acceptors (Lipinski definition) is 6. The van der Waals surface area contributed by atoms with Gasteiger partial charge in [0, 0.05) is 5.75 Å². The summed E-state index contributed by atoms with van der Waals surface area (Å²) >= 11 is 3.45. The molecule has 0 saturated heterocycles. The van der Waals surface area contributed by atoms with Crippen LogP contribution < -0.4 is 0 Å². The van der Waals surface area contributed by atoms with Gasteiger partial charge >= 0.3 is 0 Å². The zero-order valence-corrected chi connectivity index (χ0v) is 16.4. The minimum absolute atomic E-state index is 0.0172. The standard InChI is InChI=1S/C18H24N2O2S2/c1-10(2)21-18(22-11(3)4)14-9-23-16(20-14)17-19-13-7-6-12(5)8-15(13)24-17/h6-8,10-11,14,18H,9H2,1-5H3. The first kappa shape index (κ1) is 17.9. The van der Waals surface area contributed by atoms with Crippen LogP contribution in [-0.2, 0) is 9.47 Å². The highest BCUT2D eigenvalue weighted by Crippen LogP contribution is 2.32. The van der Waals surface area contributed by atoms with Gasteiger partial charge in [-0.15, -0.1) is 23.1 Å². The normalized spacial score (nSPS) is 18.3. The van der Waals surface area contributed by atoms with Gasteiger partial charge in [0.2, 0.25) is 0 Å². The summed E-state index contributed by atoms with van der Waals surface area (Å²) in [4.78, 5) is 9.60. The lowest BCUT2D eigenvalue weighted by atomic mass is 10.2. The Bertz CT molecular complexity index is 730. The molecular weight excluding hydrogens is 340 g/mol. The topological polar surface area (TPSA) is 43.7 Å². The van der Waals surface area contributed by atoms with E-state index in [4.69, 9.17) is 19.5 Å². The van der Waals surface area contributed by atoms with Gasteiger partial charge in [0.25, 0.3) is 0 Å². The summed E-state index contributed by atoms with van der Waals surface area (Å²) in [6.45, 7) is 10.2. The van der Waals surface area contributed by atoms with E-state index in [1.54, 1.807) is 23.1 Å². The van der Waals surface area contributed by atoms with Gasteiger partial charge in [-0.25, -0.2) is 4.98 Å². The van der Waals surface area contributed by atoms with Crippen molar-refractivity contribution in [3.63, 3.8) is 0 Å². The van der Waals surface area contributed by atoms with E-state index in [0.717, 1.165) is 21.3 Å². The van der Waals surface area contributed by atoms with Crippen LogP contribution in [0.25, 0.3) is 10.2 Å². The van der Waals surface area contributed by atoms with E-state index in [1.807, 2.05) is 27.7 Å². The fourth-order valence-electron chi connectivity index (χ4n) is 2.52.